The number of halogens is 1. The van der Waals surface area contributed by atoms with Gasteiger partial charge in [-0.3, -0.25) is 0 Å². The maximum Gasteiger partial charge on any atom is 0.104 e. The van der Waals surface area contributed by atoms with Gasteiger partial charge >= 0.3 is 0 Å². The fraction of sp³-hybridized carbons (Fsp3) is 0.0833. The molecular formula is C12H9ClN2. The molecule has 0 atom stereocenters. The first kappa shape index (κ1) is 8.74. The molecular weight excluding hydrogens is 208 g/mol. The number of aryl methyl sites for hydroxylation is 1. The van der Waals surface area contributed by atoms with Crippen LogP contribution in [0.2, 0.25) is 5.02 Å². The van der Waals surface area contributed by atoms with Gasteiger partial charge in [-0.1, -0.05) is 35.9 Å². The second kappa shape index (κ2) is 2.97. The number of imidazole rings is 1. The standard InChI is InChI=1S/C12H9ClN2/c1-7-14-11-6-10(13)8-4-2-3-5-9(8)12(11)15-7/h2-6H,1H3,(H,14,15). The van der Waals surface area contributed by atoms with E-state index in [1.807, 2.05) is 37.3 Å². The van der Waals surface area contributed by atoms with E-state index in [1.54, 1.807) is 0 Å². The molecule has 1 N–H and O–H groups in total. The lowest BCUT2D eigenvalue weighted by atomic mass is 10.1. The van der Waals surface area contributed by atoms with Crippen molar-refractivity contribution < 1.29 is 0 Å². The minimum atomic E-state index is 0.766. The minimum Gasteiger partial charge on any atom is -0.342 e. The molecule has 0 radical (unpaired) electrons. The van der Waals surface area contributed by atoms with Crippen molar-refractivity contribution in [2.75, 3.05) is 0 Å². The zero-order chi connectivity index (χ0) is 10.4. The van der Waals surface area contributed by atoms with E-state index in [0.717, 1.165) is 32.7 Å². The average Bonchev–Trinajstić information content (AvgIpc) is 2.59. The Morgan fingerprint density at radius 2 is 1.93 bits per heavy atom. The Labute approximate surface area is 91.9 Å². The number of aromatic nitrogens is 2. The fourth-order valence-corrected chi connectivity index (χ4v) is 2.20. The number of H-pyrrole nitrogens is 1. The highest BCUT2D eigenvalue weighted by atomic mass is 35.5. The lowest BCUT2D eigenvalue weighted by Gasteiger charge is -2.00. The third-order valence-electron chi connectivity index (χ3n) is 2.56. The third-order valence-corrected chi connectivity index (χ3v) is 2.87. The van der Waals surface area contributed by atoms with Gasteiger partial charge in [0, 0.05) is 10.8 Å². The Morgan fingerprint density at radius 1 is 1.20 bits per heavy atom. The average molecular weight is 217 g/mol. The van der Waals surface area contributed by atoms with Gasteiger partial charge in [-0.05, 0) is 13.0 Å². The Hall–Kier alpha value is -1.54. The molecule has 0 aliphatic rings. The smallest absolute Gasteiger partial charge is 0.104 e. The number of hydrogen-bond donors (Lipinski definition) is 1. The van der Waals surface area contributed by atoms with E-state index in [9.17, 15) is 0 Å². The highest BCUT2D eigenvalue weighted by molar-refractivity contribution is 6.37. The van der Waals surface area contributed by atoms with E-state index >= 15 is 0 Å². The van der Waals surface area contributed by atoms with E-state index in [1.165, 1.54) is 0 Å². The second-order valence-corrected chi connectivity index (χ2v) is 4.03. The molecule has 0 saturated heterocycles. The van der Waals surface area contributed by atoms with Crippen LogP contribution in [-0.2, 0) is 0 Å². The number of nitrogens with one attached hydrogen (secondary N) is 1. The van der Waals surface area contributed by atoms with Crippen molar-refractivity contribution >= 4 is 33.4 Å². The van der Waals surface area contributed by atoms with Crippen LogP contribution in [0.1, 0.15) is 5.82 Å². The number of nitrogens with zero attached hydrogens (tertiary/aromatic N) is 1. The molecule has 15 heavy (non-hydrogen) atoms. The summed E-state index contributed by atoms with van der Waals surface area (Å²) in [5.74, 6) is 0.914. The van der Waals surface area contributed by atoms with Gasteiger partial charge in [0.25, 0.3) is 0 Å². The van der Waals surface area contributed by atoms with Crippen LogP contribution in [-0.4, -0.2) is 9.97 Å². The van der Waals surface area contributed by atoms with Crippen LogP contribution in [0, 0.1) is 6.92 Å². The first-order chi connectivity index (χ1) is 7.25. The number of aromatic amines is 1. The third kappa shape index (κ3) is 1.22. The molecule has 2 nitrogen and oxygen atoms in total. The van der Waals surface area contributed by atoms with E-state index < -0.39 is 0 Å². The summed E-state index contributed by atoms with van der Waals surface area (Å²) in [4.78, 5) is 7.66. The number of hydrogen-bond acceptors (Lipinski definition) is 1. The van der Waals surface area contributed by atoms with Gasteiger partial charge in [0.05, 0.1) is 16.1 Å². The first-order valence-corrected chi connectivity index (χ1v) is 5.17. The summed E-state index contributed by atoms with van der Waals surface area (Å²) in [5.41, 5.74) is 1.99. The number of rotatable bonds is 0. The van der Waals surface area contributed by atoms with Crippen LogP contribution in [0.15, 0.2) is 30.3 Å². The summed E-state index contributed by atoms with van der Waals surface area (Å²) < 4.78 is 0. The highest BCUT2D eigenvalue weighted by Gasteiger charge is 2.07. The van der Waals surface area contributed by atoms with Crippen LogP contribution < -0.4 is 0 Å². The molecule has 0 fully saturated rings. The van der Waals surface area contributed by atoms with Crippen molar-refractivity contribution in [2.24, 2.45) is 0 Å². The molecule has 0 unspecified atom stereocenters. The molecule has 0 amide bonds. The highest BCUT2D eigenvalue weighted by Crippen LogP contribution is 2.29. The van der Waals surface area contributed by atoms with Crippen molar-refractivity contribution in [2.45, 2.75) is 6.92 Å². The van der Waals surface area contributed by atoms with Gasteiger partial charge in [-0.25, -0.2) is 4.98 Å². The van der Waals surface area contributed by atoms with Crippen molar-refractivity contribution in [1.82, 2.24) is 9.97 Å². The molecule has 2 aromatic carbocycles. The van der Waals surface area contributed by atoms with Crippen LogP contribution in [0.5, 0.6) is 0 Å². The summed E-state index contributed by atoms with van der Waals surface area (Å²) in [6, 6.07) is 9.98. The van der Waals surface area contributed by atoms with Crippen LogP contribution in [0.25, 0.3) is 21.8 Å². The van der Waals surface area contributed by atoms with Crippen LogP contribution >= 0.6 is 11.6 Å². The van der Waals surface area contributed by atoms with Crippen LogP contribution in [0.3, 0.4) is 0 Å². The minimum absolute atomic E-state index is 0.766. The molecule has 0 bridgehead atoms. The molecule has 0 aliphatic heterocycles. The van der Waals surface area contributed by atoms with E-state index in [-0.39, 0.29) is 0 Å². The van der Waals surface area contributed by atoms with Gasteiger partial charge in [0.2, 0.25) is 0 Å². The van der Waals surface area contributed by atoms with E-state index in [2.05, 4.69) is 9.97 Å². The summed E-state index contributed by atoms with van der Waals surface area (Å²) in [6.45, 7) is 1.95. The van der Waals surface area contributed by atoms with E-state index in [4.69, 9.17) is 11.6 Å². The lowest BCUT2D eigenvalue weighted by Crippen LogP contribution is -1.77. The predicted molar refractivity (Wildman–Crippen MR) is 63.3 cm³/mol. The molecule has 3 aromatic rings. The molecule has 3 rings (SSSR count). The largest absolute Gasteiger partial charge is 0.342 e. The first-order valence-electron chi connectivity index (χ1n) is 4.79. The molecule has 74 valence electrons. The molecule has 1 heterocycles. The zero-order valence-corrected chi connectivity index (χ0v) is 8.97. The van der Waals surface area contributed by atoms with Gasteiger partial charge in [-0.2, -0.15) is 0 Å². The molecule has 0 spiro atoms. The van der Waals surface area contributed by atoms with Crippen LogP contribution in [0.4, 0.5) is 0 Å². The molecule has 1 aromatic heterocycles. The Balaban J connectivity index is 2.62. The predicted octanol–water partition coefficient (Wildman–Crippen LogP) is 3.68. The Kier molecular flexibility index (Phi) is 1.73. The summed E-state index contributed by atoms with van der Waals surface area (Å²) >= 11 is 6.20. The molecule has 3 heteroatoms. The fourth-order valence-electron chi connectivity index (χ4n) is 1.92. The van der Waals surface area contributed by atoms with E-state index in [0.29, 0.717) is 0 Å². The normalized spacial score (nSPS) is 11.3. The number of benzene rings is 2. The molecule has 0 aliphatic carbocycles. The molecule has 0 saturated carbocycles. The number of fused-ring (bicyclic) bond motifs is 3. The lowest BCUT2D eigenvalue weighted by molar-refractivity contribution is 1.17. The van der Waals surface area contributed by atoms with Crippen molar-refractivity contribution in [1.29, 1.82) is 0 Å². The van der Waals surface area contributed by atoms with Gasteiger partial charge in [-0.15, -0.1) is 0 Å². The van der Waals surface area contributed by atoms with Crippen molar-refractivity contribution in [3.05, 3.63) is 41.2 Å². The Bertz CT molecular complexity index is 655. The summed E-state index contributed by atoms with van der Waals surface area (Å²) in [7, 11) is 0. The zero-order valence-electron chi connectivity index (χ0n) is 8.21. The summed E-state index contributed by atoms with van der Waals surface area (Å²) in [5, 5.41) is 2.92. The van der Waals surface area contributed by atoms with Gasteiger partial charge in [0.15, 0.2) is 0 Å². The maximum atomic E-state index is 6.20. The Morgan fingerprint density at radius 3 is 2.73 bits per heavy atom. The SMILES string of the molecule is Cc1nc2c(cc(Cl)c3ccccc32)[nH]1. The van der Waals surface area contributed by atoms with Crippen molar-refractivity contribution in [3.8, 4) is 0 Å². The van der Waals surface area contributed by atoms with Crippen molar-refractivity contribution in [3.63, 3.8) is 0 Å². The second-order valence-electron chi connectivity index (χ2n) is 3.62. The monoisotopic (exact) mass is 216 g/mol. The van der Waals surface area contributed by atoms with Gasteiger partial charge < -0.3 is 4.98 Å². The quantitative estimate of drug-likeness (QED) is 0.610. The topological polar surface area (TPSA) is 28.7 Å². The van der Waals surface area contributed by atoms with Gasteiger partial charge in [0.1, 0.15) is 5.82 Å². The maximum absolute atomic E-state index is 6.20. The summed E-state index contributed by atoms with van der Waals surface area (Å²) in [6.07, 6.45) is 0.